The molecule has 0 N–H and O–H groups in total. The second kappa shape index (κ2) is 7.12. The molecule has 0 fully saturated rings. The molecule has 2 rings (SSSR count). The molecule has 0 aliphatic heterocycles. The molecule has 2 heterocycles. The van der Waals surface area contributed by atoms with Gasteiger partial charge in [0.2, 0.25) is 0 Å². The molecule has 0 unspecified atom stereocenters. The highest BCUT2D eigenvalue weighted by molar-refractivity contribution is 5.45. The highest BCUT2D eigenvalue weighted by Gasteiger charge is 1.88. The molecule has 0 spiro atoms. The minimum absolute atomic E-state index is 0.970. The smallest absolute Gasteiger partial charge is 0.0652 e. The van der Waals surface area contributed by atoms with Crippen molar-refractivity contribution < 1.29 is 0 Å². The lowest BCUT2D eigenvalue weighted by molar-refractivity contribution is 1.24. The van der Waals surface area contributed by atoms with Gasteiger partial charge in [0.1, 0.15) is 0 Å². The molecule has 0 radical (unpaired) electrons. The second-order valence-electron chi connectivity index (χ2n) is 3.40. The summed E-state index contributed by atoms with van der Waals surface area (Å²) in [5, 5.41) is 0. The Bertz CT molecular complexity index is 475. The molecular weight excluding hydrogens is 208 g/mol. The van der Waals surface area contributed by atoms with Crippen LogP contribution in [-0.2, 0) is 0 Å². The number of pyridine rings is 2. The lowest BCUT2D eigenvalue weighted by Gasteiger charge is -1.94. The molecule has 0 atom stereocenters. The van der Waals surface area contributed by atoms with Gasteiger partial charge in [-0.05, 0) is 36.3 Å². The number of rotatable bonds is 2. The van der Waals surface area contributed by atoms with Crippen LogP contribution in [0.5, 0.6) is 0 Å². The molecule has 86 valence electrons. The number of nitrogens with zero attached hydrogens (tertiary/aromatic N) is 2. The summed E-state index contributed by atoms with van der Waals surface area (Å²) in [6, 6.07) is 7.78. The molecule has 2 aromatic heterocycles. The van der Waals surface area contributed by atoms with Gasteiger partial charge in [0.15, 0.2) is 0 Å². The first-order chi connectivity index (χ1) is 8.27. The van der Waals surface area contributed by atoms with Crippen LogP contribution in [0.3, 0.4) is 0 Å². The zero-order valence-electron chi connectivity index (χ0n) is 10.0. The minimum Gasteiger partial charge on any atom is -0.264 e. The Morgan fingerprint density at radius 2 is 1.82 bits per heavy atom. The summed E-state index contributed by atoms with van der Waals surface area (Å²) in [6.45, 7) is 9.24. The van der Waals surface area contributed by atoms with E-state index in [4.69, 9.17) is 0 Å². The number of aryl methyl sites for hydroxylation is 1. The third-order valence-corrected chi connectivity index (χ3v) is 2.16. The van der Waals surface area contributed by atoms with Crippen molar-refractivity contribution in [2.45, 2.75) is 6.92 Å². The Labute approximate surface area is 102 Å². The first-order valence-corrected chi connectivity index (χ1v) is 5.34. The van der Waals surface area contributed by atoms with E-state index in [1.54, 1.807) is 30.7 Å². The fraction of sp³-hybridized carbons (Fsp3) is 0.0667. The van der Waals surface area contributed by atoms with Crippen LogP contribution in [0.2, 0.25) is 0 Å². The average Bonchev–Trinajstić information content (AvgIpc) is 2.41. The SMILES string of the molecule is C=Cc1cccnc1.C=Cc1ncccc1C. The van der Waals surface area contributed by atoms with Crippen LogP contribution >= 0.6 is 0 Å². The summed E-state index contributed by atoms with van der Waals surface area (Å²) in [5.41, 5.74) is 3.21. The van der Waals surface area contributed by atoms with Gasteiger partial charge in [-0.15, -0.1) is 0 Å². The molecule has 0 amide bonds. The average molecular weight is 224 g/mol. The molecule has 0 aliphatic carbocycles. The molecule has 0 saturated carbocycles. The Hall–Kier alpha value is -2.22. The Morgan fingerprint density at radius 1 is 1.06 bits per heavy atom. The highest BCUT2D eigenvalue weighted by Crippen LogP contribution is 2.02. The van der Waals surface area contributed by atoms with Gasteiger partial charge < -0.3 is 0 Å². The summed E-state index contributed by atoms with van der Waals surface area (Å²) >= 11 is 0. The third kappa shape index (κ3) is 4.43. The monoisotopic (exact) mass is 224 g/mol. The van der Waals surface area contributed by atoms with Crippen LogP contribution in [0, 0.1) is 6.92 Å². The number of hydrogen-bond acceptors (Lipinski definition) is 2. The van der Waals surface area contributed by atoms with Gasteiger partial charge >= 0.3 is 0 Å². The topological polar surface area (TPSA) is 25.8 Å². The van der Waals surface area contributed by atoms with Crippen LogP contribution < -0.4 is 0 Å². The molecule has 0 saturated heterocycles. The van der Waals surface area contributed by atoms with Crippen molar-refractivity contribution >= 4 is 12.2 Å². The van der Waals surface area contributed by atoms with E-state index in [9.17, 15) is 0 Å². The van der Waals surface area contributed by atoms with E-state index < -0.39 is 0 Å². The lowest BCUT2D eigenvalue weighted by Crippen LogP contribution is -1.82. The fourth-order valence-corrected chi connectivity index (χ4v) is 1.21. The van der Waals surface area contributed by atoms with Crippen LogP contribution in [0.15, 0.2) is 56.0 Å². The minimum atomic E-state index is 0.970. The first-order valence-electron chi connectivity index (χ1n) is 5.34. The largest absolute Gasteiger partial charge is 0.264 e. The van der Waals surface area contributed by atoms with Crippen molar-refractivity contribution in [1.29, 1.82) is 0 Å². The maximum absolute atomic E-state index is 4.08. The van der Waals surface area contributed by atoms with Gasteiger partial charge in [0.25, 0.3) is 0 Å². The summed E-state index contributed by atoms with van der Waals surface area (Å²) < 4.78 is 0. The predicted molar refractivity (Wildman–Crippen MR) is 73.4 cm³/mol. The first kappa shape index (κ1) is 12.8. The Morgan fingerprint density at radius 3 is 2.24 bits per heavy atom. The van der Waals surface area contributed by atoms with Crippen molar-refractivity contribution in [3.05, 3.63) is 72.8 Å². The van der Waals surface area contributed by atoms with Crippen LogP contribution in [0.4, 0.5) is 0 Å². The van der Waals surface area contributed by atoms with E-state index in [0.717, 1.165) is 11.3 Å². The normalized spacial score (nSPS) is 8.76. The Kier molecular flexibility index (Phi) is 5.38. The molecule has 0 aliphatic rings. The van der Waals surface area contributed by atoms with Crippen molar-refractivity contribution in [1.82, 2.24) is 9.97 Å². The summed E-state index contributed by atoms with van der Waals surface area (Å²) in [6.07, 6.45) is 8.81. The van der Waals surface area contributed by atoms with Crippen molar-refractivity contribution in [3.8, 4) is 0 Å². The van der Waals surface area contributed by atoms with Gasteiger partial charge in [-0.2, -0.15) is 0 Å². The molecule has 17 heavy (non-hydrogen) atoms. The quantitative estimate of drug-likeness (QED) is 0.776. The van der Waals surface area contributed by atoms with E-state index in [1.165, 1.54) is 5.56 Å². The molecule has 0 bridgehead atoms. The molecule has 2 aromatic rings. The fourth-order valence-electron chi connectivity index (χ4n) is 1.21. The van der Waals surface area contributed by atoms with Crippen molar-refractivity contribution in [3.63, 3.8) is 0 Å². The van der Waals surface area contributed by atoms with Crippen LogP contribution in [-0.4, -0.2) is 9.97 Å². The van der Waals surface area contributed by atoms with Crippen LogP contribution in [0.25, 0.3) is 12.2 Å². The number of aromatic nitrogens is 2. The van der Waals surface area contributed by atoms with Gasteiger partial charge in [-0.3, -0.25) is 9.97 Å². The van der Waals surface area contributed by atoms with Gasteiger partial charge in [-0.1, -0.05) is 31.4 Å². The molecular formula is C15H16N2. The lowest BCUT2D eigenvalue weighted by atomic mass is 10.2. The zero-order valence-corrected chi connectivity index (χ0v) is 10.0. The van der Waals surface area contributed by atoms with Gasteiger partial charge in [0, 0.05) is 18.6 Å². The molecule has 2 nitrogen and oxygen atoms in total. The zero-order chi connectivity index (χ0) is 12.5. The summed E-state index contributed by atoms with van der Waals surface area (Å²) in [4.78, 5) is 7.96. The van der Waals surface area contributed by atoms with Gasteiger partial charge in [-0.25, -0.2) is 0 Å². The van der Waals surface area contributed by atoms with Crippen molar-refractivity contribution in [2.24, 2.45) is 0 Å². The molecule has 2 heteroatoms. The summed E-state index contributed by atoms with van der Waals surface area (Å²) in [5.74, 6) is 0. The van der Waals surface area contributed by atoms with Crippen LogP contribution in [0.1, 0.15) is 16.8 Å². The third-order valence-electron chi connectivity index (χ3n) is 2.16. The van der Waals surface area contributed by atoms with E-state index in [1.807, 2.05) is 31.2 Å². The van der Waals surface area contributed by atoms with Crippen molar-refractivity contribution in [2.75, 3.05) is 0 Å². The number of hydrogen-bond donors (Lipinski definition) is 0. The van der Waals surface area contributed by atoms with E-state index in [0.29, 0.717) is 0 Å². The maximum Gasteiger partial charge on any atom is 0.0652 e. The van der Waals surface area contributed by atoms with E-state index in [2.05, 4.69) is 23.1 Å². The van der Waals surface area contributed by atoms with Gasteiger partial charge in [0.05, 0.1) is 5.69 Å². The molecule has 0 aromatic carbocycles. The standard InChI is InChI=1S/C8H9N.C7H7N/c1-3-8-7(2)5-4-6-9-8;1-2-7-4-3-5-8-6-7/h3-6H,1H2,2H3;2-6H,1H2. The predicted octanol–water partition coefficient (Wildman–Crippen LogP) is 3.76. The maximum atomic E-state index is 4.08. The van der Waals surface area contributed by atoms with E-state index in [-0.39, 0.29) is 0 Å². The second-order valence-corrected chi connectivity index (χ2v) is 3.40. The highest BCUT2D eigenvalue weighted by atomic mass is 14.7. The Balaban J connectivity index is 0.000000171. The van der Waals surface area contributed by atoms with E-state index >= 15 is 0 Å². The summed E-state index contributed by atoms with van der Waals surface area (Å²) in [7, 11) is 0.